The topological polar surface area (TPSA) is 92.4 Å². The Hall–Kier alpha value is -1.18. The van der Waals surface area contributed by atoms with Crippen LogP contribution in [-0.4, -0.2) is 26.2 Å². The van der Waals surface area contributed by atoms with Crippen molar-refractivity contribution in [3.63, 3.8) is 0 Å². The lowest BCUT2D eigenvalue weighted by atomic mass is 10.3. The van der Waals surface area contributed by atoms with Gasteiger partial charge in [-0.25, -0.2) is 17.5 Å². The van der Waals surface area contributed by atoms with Gasteiger partial charge in [0.2, 0.25) is 10.0 Å². The SMILES string of the molecule is CC(CCO)NS(=O)(=O)c1c(N)cccc1F. The van der Waals surface area contributed by atoms with E-state index in [0.717, 1.165) is 6.07 Å². The monoisotopic (exact) mass is 262 g/mol. The summed E-state index contributed by atoms with van der Waals surface area (Å²) < 4.78 is 39.4. The van der Waals surface area contributed by atoms with Gasteiger partial charge in [0.05, 0.1) is 5.69 Å². The van der Waals surface area contributed by atoms with E-state index in [2.05, 4.69) is 4.72 Å². The standard InChI is InChI=1S/C10H15FN2O3S/c1-7(5-6-14)13-17(15,16)10-8(11)3-2-4-9(10)12/h2-4,7,13-14H,5-6,12H2,1H3. The van der Waals surface area contributed by atoms with E-state index in [9.17, 15) is 12.8 Å². The molecule has 1 aromatic rings. The van der Waals surface area contributed by atoms with Gasteiger partial charge in [0.25, 0.3) is 0 Å². The van der Waals surface area contributed by atoms with Crippen molar-refractivity contribution in [1.29, 1.82) is 0 Å². The van der Waals surface area contributed by atoms with Crippen molar-refractivity contribution in [1.82, 2.24) is 4.72 Å². The van der Waals surface area contributed by atoms with E-state index in [1.807, 2.05) is 0 Å². The predicted octanol–water partition coefficient (Wildman–Crippen LogP) is 0.457. The largest absolute Gasteiger partial charge is 0.398 e. The molecule has 0 aliphatic rings. The number of aliphatic hydroxyl groups excluding tert-OH is 1. The number of aliphatic hydroxyl groups is 1. The average molecular weight is 262 g/mol. The van der Waals surface area contributed by atoms with Gasteiger partial charge in [0, 0.05) is 12.6 Å². The second-order valence-electron chi connectivity index (χ2n) is 3.69. The van der Waals surface area contributed by atoms with Crippen LogP contribution in [0.2, 0.25) is 0 Å². The van der Waals surface area contributed by atoms with Crippen molar-refractivity contribution < 1.29 is 17.9 Å². The summed E-state index contributed by atoms with van der Waals surface area (Å²) in [4.78, 5) is -0.551. The molecule has 96 valence electrons. The number of halogens is 1. The quantitative estimate of drug-likeness (QED) is 0.672. The van der Waals surface area contributed by atoms with Crippen molar-refractivity contribution in [3.8, 4) is 0 Å². The first kappa shape index (κ1) is 13.9. The minimum absolute atomic E-state index is 0.145. The first-order valence-corrected chi connectivity index (χ1v) is 6.54. The first-order valence-electron chi connectivity index (χ1n) is 5.05. The van der Waals surface area contributed by atoms with Crippen LogP contribution in [0.3, 0.4) is 0 Å². The highest BCUT2D eigenvalue weighted by atomic mass is 32.2. The zero-order valence-electron chi connectivity index (χ0n) is 9.35. The molecule has 0 aromatic heterocycles. The number of nitrogens with one attached hydrogen (secondary N) is 1. The molecule has 0 radical (unpaired) electrons. The highest BCUT2D eigenvalue weighted by molar-refractivity contribution is 7.89. The molecule has 0 saturated heterocycles. The fourth-order valence-corrected chi connectivity index (χ4v) is 2.85. The summed E-state index contributed by atoms with van der Waals surface area (Å²) in [7, 11) is -4.00. The number of benzene rings is 1. The third-order valence-electron chi connectivity index (χ3n) is 2.18. The maximum Gasteiger partial charge on any atom is 0.245 e. The maximum atomic E-state index is 13.4. The lowest BCUT2D eigenvalue weighted by Gasteiger charge is -2.14. The van der Waals surface area contributed by atoms with Crippen LogP contribution in [0.4, 0.5) is 10.1 Å². The van der Waals surface area contributed by atoms with Gasteiger partial charge in [-0.15, -0.1) is 0 Å². The molecule has 0 aliphatic carbocycles. The van der Waals surface area contributed by atoms with Crippen molar-refractivity contribution in [2.75, 3.05) is 12.3 Å². The fraction of sp³-hybridized carbons (Fsp3) is 0.400. The normalized spacial score (nSPS) is 13.6. The van der Waals surface area contributed by atoms with Gasteiger partial charge >= 0.3 is 0 Å². The van der Waals surface area contributed by atoms with Gasteiger partial charge in [0.15, 0.2) is 0 Å². The molecule has 0 spiro atoms. The molecule has 1 atom stereocenters. The molecule has 0 fully saturated rings. The van der Waals surface area contributed by atoms with E-state index < -0.39 is 26.8 Å². The molecule has 17 heavy (non-hydrogen) atoms. The second-order valence-corrected chi connectivity index (χ2v) is 5.34. The Morgan fingerprint density at radius 2 is 2.18 bits per heavy atom. The summed E-state index contributed by atoms with van der Waals surface area (Å²) in [5.74, 6) is -0.895. The van der Waals surface area contributed by atoms with E-state index in [1.54, 1.807) is 6.92 Å². The minimum Gasteiger partial charge on any atom is -0.398 e. The molecular formula is C10H15FN2O3S. The molecule has 0 bridgehead atoms. The molecule has 0 amide bonds. The molecule has 5 nitrogen and oxygen atoms in total. The van der Waals surface area contributed by atoms with Crippen molar-refractivity contribution in [2.24, 2.45) is 0 Å². The fourth-order valence-electron chi connectivity index (χ4n) is 1.39. The molecule has 1 aromatic carbocycles. The van der Waals surface area contributed by atoms with Gasteiger partial charge in [0.1, 0.15) is 10.7 Å². The molecule has 0 heterocycles. The molecule has 7 heteroatoms. The van der Waals surface area contributed by atoms with Gasteiger partial charge in [-0.05, 0) is 25.5 Å². The van der Waals surface area contributed by atoms with Crippen LogP contribution in [0.15, 0.2) is 23.1 Å². The minimum atomic E-state index is -4.00. The van der Waals surface area contributed by atoms with Gasteiger partial charge in [-0.3, -0.25) is 0 Å². The van der Waals surface area contributed by atoms with Crippen LogP contribution in [0, 0.1) is 5.82 Å². The maximum absolute atomic E-state index is 13.4. The smallest absolute Gasteiger partial charge is 0.245 e. The summed E-state index contributed by atoms with van der Waals surface area (Å²) in [5.41, 5.74) is 5.30. The number of hydrogen-bond donors (Lipinski definition) is 3. The predicted molar refractivity (Wildman–Crippen MR) is 62.3 cm³/mol. The Morgan fingerprint density at radius 1 is 1.53 bits per heavy atom. The Balaban J connectivity index is 3.06. The van der Waals surface area contributed by atoms with Crippen molar-refractivity contribution in [3.05, 3.63) is 24.0 Å². The molecule has 4 N–H and O–H groups in total. The molecule has 0 aliphatic heterocycles. The lowest BCUT2D eigenvalue weighted by Crippen LogP contribution is -2.34. The molecule has 0 saturated carbocycles. The zero-order chi connectivity index (χ0) is 13.1. The Kier molecular flexibility index (Phi) is 4.44. The van der Waals surface area contributed by atoms with E-state index in [0.29, 0.717) is 0 Å². The highest BCUT2D eigenvalue weighted by Gasteiger charge is 2.23. The van der Waals surface area contributed by atoms with E-state index >= 15 is 0 Å². The highest BCUT2D eigenvalue weighted by Crippen LogP contribution is 2.21. The number of anilines is 1. The number of rotatable bonds is 5. The summed E-state index contributed by atoms with van der Waals surface area (Å²) in [6.45, 7) is 1.42. The third kappa shape index (κ3) is 3.39. The Morgan fingerprint density at radius 3 is 2.71 bits per heavy atom. The Bertz CT molecular complexity index is 470. The third-order valence-corrected chi connectivity index (χ3v) is 3.87. The summed E-state index contributed by atoms with van der Waals surface area (Å²) in [6, 6.07) is 3.18. The van der Waals surface area contributed by atoms with E-state index in [-0.39, 0.29) is 18.7 Å². The number of nitrogen functional groups attached to an aromatic ring is 1. The molecule has 1 rings (SSSR count). The first-order chi connectivity index (χ1) is 7.88. The van der Waals surface area contributed by atoms with Crippen LogP contribution in [0.1, 0.15) is 13.3 Å². The lowest BCUT2D eigenvalue weighted by molar-refractivity contribution is 0.275. The van der Waals surface area contributed by atoms with E-state index in [4.69, 9.17) is 10.8 Å². The second kappa shape index (κ2) is 5.44. The molecule has 1 unspecified atom stereocenters. The summed E-state index contributed by atoms with van der Waals surface area (Å²) in [5, 5.41) is 8.68. The van der Waals surface area contributed by atoms with Gasteiger partial charge in [-0.1, -0.05) is 6.07 Å². The zero-order valence-corrected chi connectivity index (χ0v) is 10.2. The summed E-state index contributed by atoms with van der Waals surface area (Å²) >= 11 is 0. The van der Waals surface area contributed by atoms with Gasteiger partial charge in [-0.2, -0.15) is 0 Å². The Labute approximate surface area is 99.5 Å². The number of sulfonamides is 1. The van der Waals surface area contributed by atoms with Crippen molar-refractivity contribution in [2.45, 2.75) is 24.3 Å². The average Bonchev–Trinajstić information content (AvgIpc) is 2.15. The van der Waals surface area contributed by atoms with E-state index in [1.165, 1.54) is 12.1 Å². The van der Waals surface area contributed by atoms with Crippen molar-refractivity contribution >= 4 is 15.7 Å². The number of nitrogens with two attached hydrogens (primary N) is 1. The molecular weight excluding hydrogens is 247 g/mol. The van der Waals surface area contributed by atoms with Crippen LogP contribution in [0.25, 0.3) is 0 Å². The van der Waals surface area contributed by atoms with Crippen LogP contribution < -0.4 is 10.5 Å². The van der Waals surface area contributed by atoms with Crippen LogP contribution >= 0.6 is 0 Å². The number of hydrogen-bond acceptors (Lipinski definition) is 4. The van der Waals surface area contributed by atoms with Gasteiger partial charge < -0.3 is 10.8 Å². The van der Waals surface area contributed by atoms with Crippen LogP contribution in [0.5, 0.6) is 0 Å². The van der Waals surface area contributed by atoms with Crippen LogP contribution in [-0.2, 0) is 10.0 Å². The summed E-state index contributed by atoms with van der Waals surface area (Å²) in [6.07, 6.45) is 0.244.